The average Bonchev–Trinajstić information content (AvgIpc) is 3.36. The van der Waals surface area contributed by atoms with Crippen LogP contribution in [-0.4, -0.2) is 139 Å². The first kappa shape index (κ1) is 44.5. The molecule has 0 N–H and O–H groups in total. The number of amides is 2. The smallest absolute Gasteiger partial charge is 0.410 e. The van der Waals surface area contributed by atoms with Crippen LogP contribution in [0, 0.1) is 11.8 Å². The molecule has 0 aromatic rings. The molecule has 3 aliphatic rings. The summed E-state index contributed by atoms with van der Waals surface area (Å²) in [5.41, 5.74) is 5.63. The number of hydrogen-bond donors (Lipinski definition) is 0. The molecule has 3 aliphatic heterocycles. The zero-order chi connectivity index (χ0) is 39.8. The molecule has 2 amide bonds. The summed E-state index contributed by atoms with van der Waals surface area (Å²) in [4.78, 5) is 63.1. The minimum Gasteiger partial charge on any atom is -0.458 e. The van der Waals surface area contributed by atoms with Gasteiger partial charge in [-0.15, -0.1) is 0 Å². The fourth-order valence-electron chi connectivity index (χ4n) is 8.34. The summed E-state index contributed by atoms with van der Waals surface area (Å²) in [5, 5.41) is 3.59. The summed E-state index contributed by atoms with van der Waals surface area (Å²) in [5.74, 6) is -2.89. The Kier molecular flexibility index (Phi) is 16.1. The Balaban J connectivity index is 2.11. The van der Waals surface area contributed by atoms with Crippen molar-refractivity contribution in [2.75, 3.05) is 40.8 Å². The van der Waals surface area contributed by atoms with Crippen LogP contribution in [0.4, 0.5) is 4.79 Å². The number of carbonyl (C=O) groups is 4. The average molecular weight is 769 g/mol. The van der Waals surface area contributed by atoms with E-state index in [4.69, 9.17) is 29.2 Å². The largest absolute Gasteiger partial charge is 0.458 e. The quantitative estimate of drug-likeness (QED) is 0.0500. The third-order valence-electron chi connectivity index (χ3n) is 11.4. The van der Waals surface area contributed by atoms with Crippen molar-refractivity contribution in [3.63, 3.8) is 0 Å². The van der Waals surface area contributed by atoms with E-state index in [1.807, 2.05) is 46.7 Å². The highest BCUT2D eigenvalue weighted by atomic mass is 31.1. The zero-order valence-corrected chi connectivity index (χ0v) is 34.2. The maximum Gasteiger partial charge on any atom is 0.410 e. The van der Waals surface area contributed by atoms with Gasteiger partial charge < -0.3 is 33.5 Å². The van der Waals surface area contributed by atoms with Crippen molar-refractivity contribution in [1.82, 2.24) is 14.7 Å². The monoisotopic (exact) mass is 768 g/mol. The third-order valence-corrected chi connectivity index (χ3v) is 12.2. The molecular formula is C36H61N6O10P. The summed E-state index contributed by atoms with van der Waals surface area (Å²) >= 11 is 0. The van der Waals surface area contributed by atoms with E-state index in [-0.39, 0.29) is 64.9 Å². The highest BCUT2D eigenvalue weighted by Gasteiger charge is 2.59. The van der Waals surface area contributed by atoms with Crippen LogP contribution in [0.5, 0.6) is 0 Å². The number of azide groups is 1. The van der Waals surface area contributed by atoms with E-state index in [2.05, 4.69) is 10.0 Å². The topological polar surface area (TPSA) is 190 Å². The number of hydrogen-bond acceptors (Lipinski definition) is 12. The molecule has 53 heavy (non-hydrogen) atoms. The Morgan fingerprint density at radius 3 is 2.40 bits per heavy atom. The molecule has 0 aliphatic carbocycles. The number of nitrogens with zero attached hydrogens (tertiary/aromatic N) is 6. The minimum absolute atomic E-state index is 0.125. The Morgan fingerprint density at radius 1 is 1.15 bits per heavy atom. The molecule has 0 aromatic carbocycles. The molecule has 3 saturated heterocycles. The summed E-state index contributed by atoms with van der Waals surface area (Å²) in [7, 11) is 5.17. The number of rotatable bonds is 11. The van der Waals surface area contributed by atoms with Gasteiger partial charge in [0.2, 0.25) is 5.91 Å². The fraction of sp³-hybridized carbons (Fsp3) is 0.889. The number of cyclic esters (lactones) is 1. The zero-order valence-electron chi connectivity index (χ0n) is 33.4. The second kappa shape index (κ2) is 19.1. The van der Waals surface area contributed by atoms with E-state index < -0.39 is 71.2 Å². The van der Waals surface area contributed by atoms with Gasteiger partial charge in [0.15, 0.2) is 20.4 Å². The number of carbonyl (C=O) groups excluding carboxylic acids is 4. The summed E-state index contributed by atoms with van der Waals surface area (Å²) < 4.78 is 43.8. The number of Topliss-reactive ketones (excluding diaryl/α,β-unsaturated/α-hetero) is 1. The molecule has 0 radical (unpaired) electrons. The molecule has 0 spiro atoms. The number of ketones is 1. The van der Waals surface area contributed by atoms with Crippen LogP contribution in [0.2, 0.25) is 0 Å². The molecule has 0 bridgehead atoms. The van der Waals surface area contributed by atoms with E-state index >= 15 is 0 Å². The lowest BCUT2D eigenvalue weighted by Gasteiger charge is -2.46. The van der Waals surface area contributed by atoms with Crippen molar-refractivity contribution < 1.29 is 47.4 Å². The molecule has 300 valence electrons. The molecule has 3 rings (SSSR count). The van der Waals surface area contributed by atoms with Crippen LogP contribution < -0.4 is 0 Å². The van der Waals surface area contributed by atoms with Crippen molar-refractivity contribution in [3.05, 3.63) is 10.4 Å². The first-order valence-corrected chi connectivity index (χ1v) is 19.6. The summed E-state index contributed by atoms with van der Waals surface area (Å²) in [6.07, 6.45) is -1.65. The molecule has 17 heteroatoms. The standard InChI is InChI=1S/C36H61N6O10P/c1-12-28-36(8)31(41(34(46)52-36)16-14-13-15-38-39-37)24(5)42(25(6)43)20-21(2)19-35(7,48-11)29(18-27(44)23(4)32(45)50-28)51-33-30(53-47)26(40(9)10)17-22(3)49-33/h21-24,26,28-31,33H,12-20H2,1-11H3/t21-,22?,23-,24-,26?,28-,29-,30?,31-,33+,35+,36-/m1/s1. The molecule has 0 saturated carbocycles. The Hall–Kier alpha value is -2.87. The van der Waals surface area contributed by atoms with Crippen molar-refractivity contribution in [1.29, 1.82) is 0 Å². The van der Waals surface area contributed by atoms with Gasteiger partial charge in [0, 0.05) is 51.0 Å². The number of methoxy groups -OCH3 is 1. The van der Waals surface area contributed by atoms with Gasteiger partial charge in [-0.2, -0.15) is 0 Å². The fourth-order valence-corrected chi connectivity index (χ4v) is 9.11. The predicted octanol–water partition coefficient (Wildman–Crippen LogP) is 5.37. The molecule has 16 nitrogen and oxygen atoms in total. The number of esters is 1. The van der Waals surface area contributed by atoms with Crippen LogP contribution in [-0.2, 0) is 42.6 Å². The van der Waals surface area contributed by atoms with E-state index in [1.165, 1.54) is 21.0 Å². The van der Waals surface area contributed by atoms with E-state index in [0.717, 1.165) is 0 Å². The molecule has 3 unspecified atom stereocenters. The van der Waals surface area contributed by atoms with Crippen LogP contribution in [0.3, 0.4) is 0 Å². The van der Waals surface area contributed by atoms with Gasteiger partial charge in [0.05, 0.1) is 29.9 Å². The van der Waals surface area contributed by atoms with Crippen LogP contribution >= 0.6 is 8.46 Å². The van der Waals surface area contributed by atoms with Crippen molar-refractivity contribution in [2.24, 2.45) is 17.0 Å². The Labute approximate surface area is 315 Å². The Morgan fingerprint density at radius 2 is 1.83 bits per heavy atom. The normalized spacial score (nSPS) is 37.7. The van der Waals surface area contributed by atoms with Crippen LogP contribution in [0.25, 0.3) is 10.4 Å². The predicted molar refractivity (Wildman–Crippen MR) is 196 cm³/mol. The van der Waals surface area contributed by atoms with Gasteiger partial charge in [-0.1, -0.05) is 19.0 Å². The SMILES string of the molecule is CC[C@H]1OC(=O)[C@H](C)C(=O)C[C@@H](O[C@@H]2OC(C)CC(N(C)C)C2P=O)[C@@](C)(OC)C[C@@H](C)CN(C(C)=O)[C@H](C)[C@H]2N(CCCCN=[N+]=[N-])C(=O)O[C@]12C. The minimum atomic E-state index is -1.39. The summed E-state index contributed by atoms with van der Waals surface area (Å²) in [6.45, 7) is 14.8. The van der Waals surface area contributed by atoms with Gasteiger partial charge in [0.25, 0.3) is 0 Å². The highest BCUT2D eigenvalue weighted by molar-refractivity contribution is 7.25. The lowest BCUT2D eigenvalue weighted by molar-refractivity contribution is -0.252. The van der Waals surface area contributed by atoms with Gasteiger partial charge in [-0.05, 0) is 92.3 Å². The van der Waals surface area contributed by atoms with Gasteiger partial charge in [0.1, 0.15) is 23.5 Å². The van der Waals surface area contributed by atoms with Gasteiger partial charge in [-0.3, -0.25) is 23.8 Å². The second-order valence-corrected chi connectivity index (χ2v) is 16.4. The first-order chi connectivity index (χ1) is 24.9. The highest BCUT2D eigenvalue weighted by Crippen LogP contribution is 2.41. The van der Waals surface area contributed by atoms with E-state index in [9.17, 15) is 23.7 Å². The number of unbranched alkanes of at least 4 members (excludes halogenated alkanes) is 1. The molecule has 12 atom stereocenters. The lowest BCUT2D eigenvalue weighted by atomic mass is 9.82. The molecule has 3 fully saturated rings. The summed E-state index contributed by atoms with van der Waals surface area (Å²) in [6, 6.07) is -1.46. The van der Waals surface area contributed by atoms with Crippen molar-refractivity contribution >= 4 is 32.2 Å². The third kappa shape index (κ3) is 10.3. The molecular weight excluding hydrogens is 707 g/mol. The molecule has 3 heterocycles. The van der Waals surface area contributed by atoms with Crippen molar-refractivity contribution in [3.8, 4) is 0 Å². The number of fused-ring (bicyclic) bond motifs is 1. The maximum absolute atomic E-state index is 14.1. The maximum atomic E-state index is 14.1. The molecule has 0 aromatic heterocycles. The van der Waals surface area contributed by atoms with E-state index in [1.54, 1.807) is 23.6 Å². The van der Waals surface area contributed by atoms with E-state index in [0.29, 0.717) is 25.7 Å². The van der Waals surface area contributed by atoms with Gasteiger partial charge in [-0.25, -0.2) is 4.79 Å². The second-order valence-electron chi connectivity index (χ2n) is 15.6. The Bertz CT molecular complexity index is 1370. The number of ether oxygens (including phenoxy) is 5. The van der Waals surface area contributed by atoms with Crippen LogP contribution in [0.15, 0.2) is 5.11 Å². The lowest BCUT2D eigenvalue weighted by Crippen LogP contribution is -2.62. The van der Waals surface area contributed by atoms with Crippen molar-refractivity contribution in [2.45, 2.75) is 154 Å². The van der Waals surface area contributed by atoms with Gasteiger partial charge >= 0.3 is 12.1 Å². The first-order valence-electron chi connectivity index (χ1n) is 18.7. The van der Waals surface area contributed by atoms with Crippen LogP contribution in [0.1, 0.15) is 93.9 Å².